The molecule has 4 nitrogen and oxygen atoms in total. The van der Waals surface area contributed by atoms with Crippen molar-refractivity contribution in [3.05, 3.63) is 70.2 Å². The summed E-state index contributed by atoms with van der Waals surface area (Å²) in [5.41, 5.74) is 2.99. The lowest BCUT2D eigenvalue weighted by molar-refractivity contribution is -0.140. The molecule has 0 aliphatic heterocycles. The normalized spacial score (nSPS) is 11.7. The number of amides is 2. The highest BCUT2D eigenvalue weighted by atomic mass is 35.5. The van der Waals surface area contributed by atoms with Gasteiger partial charge in [0, 0.05) is 18.6 Å². The van der Waals surface area contributed by atoms with Gasteiger partial charge in [0.05, 0.1) is 6.42 Å². The van der Waals surface area contributed by atoms with Gasteiger partial charge >= 0.3 is 0 Å². The van der Waals surface area contributed by atoms with Gasteiger partial charge in [0.25, 0.3) is 0 Å². The van der Waals surface area contributed by atoms with Gasteiger partial charge in [-0.15, -0.1) is 0 Å². The largest absolute Gasteiger partial charge is 0.357 e. The molecule has 0 aliphatic carbocycles. The zero-order chi connectivity index (χ0) is 19.1. The number of halogens is 1. The summed E-state index contributed by atoms with van der Waals surface area (Å²) in [6, 6.07) is 14.7. The predicted octanol–water partition coefficient (Wildman–Crippen LogP) is 3.74. The highest BCUT2D eigenvalue weighted by Gasteiger charge is 2.27. The summed E-state index contributed by atoms with van der Waals surface area (Å²) in [5, 5.41) is 3.26. The van der Waals surface area contributed by atoms with Gasteiger partial charge in [0.1, 0.15) is 6.04 Å². The molecule has 1 atom stereocenters. The highest BCUT2D eigenvalue weighted by Crippen LogP contribution is 2.17. The maximum atomic E-state index is 13.0. The van der Waals surface area contributed by atoms with Crippen molar-refractivity contribution >= 4 is 23.4 Å². The van der Waals surface area contributed by atoms with E-state index in [2.05, 4.69) is 5.32 Å². The molecule has 138 valence electrons. The van der Waals surface area contributed by atoms with Crippen LogP contribution in [0.25, 0.3) is 0 Å². The lowest BCUT2D eigenvalue weighted by atomic mass is 10.1. The van der Waals surface area contributed by atoms with Crippen LogP contribution in [-0.4, -0.2) is 29.8 Å². The van der Waals surface area contributed by atoms with Crippen LogP contribution in [0.2, 0.25) is 5.02 Å². The quantitative estimate of drug-likeness (QED) is 0.804. The first-order valence-electron chi connectivity index (χ1n) is 8.75. The average Bonchev–Trinajstić information content (AvgIpc) is 2.62. The molecule has 0 saturated heterocycles. The summed E-state index contributed by atoms with van der Waals surface area (Å²) in [5.74, 6) is -0.248. The number of carbonyl (C=O) groups excluding carboxylic acids is 2. The van der Waals surface area contributed by atoms with Crippen LogP contribution in [-0.2, 0) is 22.6 Å². The Morgan fingerprint density at radius 2 is 1.81 bits per heavy atom. The van der Waals surface area contributed by atoms with Gasteiger partial charge in [-0.25, -0.2) is 0 Å². The first-order valence-corrected chi connectivity index (χ1v) is 9.13. The maximum Gasteiger partial charge on any atom is 0.242 e. The second-order valence-corrected chi connectivity index (χ2v) is 6.79. The van der Waals surface area contributed by atoms with Gasteiger partial charge in [-0.05, 0) is 36.6 Å². The molecule has 26 heavy (non-hydrogen) atoms. The smallest absolute Gasteiger partial charge is 0.242 e. The number of nitrogens with one attached hydrogen (secondary N) is 1. The van der Waals surface area contributed by atoms with E-state index in [9.17, 15) is 9.59 Å². The molecule has 0 heterocycles. The number of hydrogen-bond acceptors (Lipinski definition) is 2. The first-order chi connectivity index (χ1) is 12.4. The van der Waals surface area contributed by atoms with Crippen molar-refractivity contribution in [3.8, 4) is 0 Å². The summed E-state index contributed by atoms with van der Waals surface area (Å²) in [6.45, 7) is 4.32. The molecule has 0 bridgehead atoms. The summed E-state index contributed by atoms with van der Waals surface area (Å²) in [7, 11) is 1.59. The van der Waals surface area contributed by atoms with Gasteiger partial charge in [0.15, 0.2) is 0 Å². The maximum absolute atomic E-state index is 13.0. The number of hydrogen-bond donors (Lipinski definition) is 1. The van der Waals surface area contributed by atoms with Gasteiger partial charge in [-0.1, -0.05) is 60.5 Å². The zero-order valence-electron chi connectivity index (χ0n) is 15.5. The van der Waals surface area contributed by atoms with Crippen LogP contribution in [0, 0.1) is 6.92 Å². The molecule has 2 aromatic rings. The van der Waals surface area contributed by atoms with Crippen LogP contribution in [0.15, 0.2) is 48.5 Å². The Hall–Kier alpha value is -2.33. The van der Waals surface area contributed by atoms with Crippen molar-refractivity contribution in [2.45, 2.75) is 39.3 Å². The minimum absolute atomic E-state index is 0.0942. The molecular weight excluding hydrogens is 348 g/mol. The van der Waals surface area contributed by atoms with Crippen molar-refractivity contribution in [2.24, 2.45) is 0 Å². The van der Waals surface area contributed by atoms with E-state index in [0.29, 0.717) is 18.0 Å². The molecule has 0 spiro atoms. The predicted molar refractivity (Wildman–Crippen MR) is 105 cm³/mol. The third kappa shape index (κ3) is 5.33. The van der Waals surface area contributed by atoms with Crippen molar-refractivity contribution in [1.82, 2.24) is 10.2 Å². The molecule has 2 rings (SSSR count). The van der Waals surface area contributed by atoms with Gasteiger partial charge in [-0.2, -0.15) is 0 Å². The molecule has 2 aromatic carbocycles. The van der Waals surface area contributed by atoms with E-state index in [1.54, 1.807) is 24.1 Å². The minimum Gasteiger partial charge on any atom is -0.357 e. The SMILES string of the molecule is CC[C@H](C(=O)NC)N(Cc1ccc(C)cc1)C(=O)Cc1cccc(Cl)c1. The van der Waals surface area contributed by atoms with Gasteiger partial charge < -0.3 is 10.2 Å². The van der Waals surface area contributed by atoms with Gasteiger partial charge in [-0.3, -0.25) is 9.59 Å². The zero-order valence-corrected chi connectivity index (χ0v) is 16.2. The topological polar surface area (TPSA) is 49.4 Å². The molecule has 0 saturated carbocycles. The molecular formula is C21H25ClN2O2. The van der Waals surface area contributed by atoms with Crippen LogP contribution in [0.4, 0.5) is 0 Å². The van der Waals surface area contributed by atoms with Crippen molar-refractivity contribution in [3.63, 3.8) is 0 Å². The number of aryl methyl sites for hydroxylation is 1. The van der Waals surface area contributed by atoms with Crippen molar-refractivity contribution in [1.29, 1.82) is 0 Å². The Kier molecular flexibility index (Phi) is 7.22. The van der Waals surface area contributed by atoms with Crippen LogP contribution in [0.3, 0.4) is 0 Å². The minimum atomic E-state index is -0.506. The van der Waals surface area contributed by atoms with Crippen LogP contribution in [0.5, 0.6) is 0 Å². The fourth-order valence-electron chi connectivity index (χ4n) is 2.90. The van der Waals surface area contributed by atoms with Crippen molar-refractivity contribution in [2.75, 3.05) is 7.05 Å². The van der Waals surface area contributed by atoms with Gasteiger partial charge in [0.2, 0.25) is 11.8 Å². The molecule has 0 radical (unpaired) electrons. The molecule has 0 fully saturated rings. The third-order valence-electron chi connectivity index (χ3n) is 4.35. The molecule has 0 aliphatic rings. The number of nitrogens with zero attached hydrogens (tertiary/aromatic N) is 1. The van der Waals surface area contributed by atoms with E-state index in [0.717, 1.165) is 16.7 Å². The van der Waals surface area contributed by atoms with Crippen LogP contribution >= 0.6 is 11.6 Å². The van der Waals surface area contributed by atoms with E-state index in [-0.39, 0.29) is 18.2 Å². The second kappa shape index (κ2) is 9.39. The fraction of sp³-hybridized carbons (Fsp3) is 0.333. The van der Waals surface area contributed by atoms with E-state index in [4.69, 9.17) is 11.6 Å². The van der Waals surface area contributed by atoms with E-state index >= 15 is 0 Å². The molecule has 1 N–H and O–H groups in total. The Labute approximate surface area is 160 Å². The Bertz CT molecular complexity index is 759. The molecule has 0 unspecified atom stereocenters. The summed E-state index contributed by atoms with van der Waals surface area (Å²) in [4.78, 5) is 27.0. The molecule has 0 aromatic heterocycles. The standard InChI is InChI=1S/C21H25ClN2O2/c1-4-19(21(26)23-3)24(14-16-10-8-15(2)9-11-16)20(25)13-17-6-5-7-18(22)12-17/h5-12,19H,4,13-14H2,1-3H3,(H,23,26)/t19-/m1/s1. The number of carbonyl (C=O) groups is 2. The Morgan fingerprint density at radius 1 is 1.12 bits per heavy atom. The molecule has 5 heteroatoms. The highest BCUT2D eigenvalue weighted by molar-refractivity contribution is 6.30. The Balaban J connectivity index is 2.27. The average molecular weight is 373 g/mol. The molecule has 2 amide bonds. The van der Waals surface area contributed by atoms with Crippen LogP contribution in [0.1, 0.15) is 30.0 Å². The summed E-state index contributed by atoms with van der Waals surface area (Å²) >= 11 is 6.03. The number of likely N-dealkylation sites (N-methyl/N-ethyl adjacent to an activating group) is 1. The first kappa shape index (κ1) is 20.0. The summed E-state index contributed by atoms with van der Waals surface area (Å²) < 4.78 is 0. The summed E-state index contributed by atoms with van der Waals surface area (Å²) in [6.07, 6.45) is 0.757. The Morgan fingerprint density at radius 3 is 2.38 bits per heavy atom. The monoisotopic (exact) mass is 372 g/mol. The van der Waals surface area contributed by atoms with Crippen molar-refractivity contribution < 1.29 is 9.59 Å². The van der Waals surface area contributed by atoms with Crippen LogP contribution < -0.4 is 5.32 Å². The van der Waals surface area contributed by atoms with E-state index < -0.39 is 6.04 Å². The second-order valence-electron chi connectivity index (χ2n) is 6.35. The third-order valence-corrected chi connectivity index (χ3v) is 4.59. The van der Waals surface area contributed by atoms with E-state index in [1.165, 1.54) is 0 Å². The lowest BCUT2D eigenvalue weighted by Gasteiger charge is -2.30. The lowest BCUT2D eigenvalue weighted by Crippen LogP contribution is -2.48. The van der Waals surface area contributed by atoms with E-state index in [1.807, 2.05) is 50.2 Å². The fourth-order valence-corrected chi connectivity index (χ4v) is 3.11. The number of benzene rings is 2. The number of rotatable bonds is 7.